The van der Waals surface area contributed by atoms with Crippen LogP contribution in [0, 0.1) is 13.8 Å². The van der Waals surface area contributed by atoms with Crippen LogP contribution in [0.2, 0.25) is 0 Å². The summed E-state index contributed by atoms with van der Waals surface area (Å²) in [6.45, 7) is 4.53. The summed E-state index contributed by atoms with van der Waals surface area (Å²) in [5, 5.41) is 15.0. The van der Waals surface area contributed by atoms with Gasteiger partial charge in [0.1, 0.15) is 11.6 Å². The van der Waals surface area contributed by atoms with Gasteiger partial charge in [-0.25, -0.2) is 4.98 Å². The van der Waals surface area contributed by atoms with Crippen molar-refractivity contribution in [2.45, 2.75) is 50.6 Å². The molecule has 184 valence electrons. The largest absolute Gasteiger partial charge is 0.573 e. The van der Waals surface area contributed by atoms with Crippen molar-refractivity contribution in [3.63, 3.8) is 0 Å². The van der Waals surface area contributed by atoms with Crippen molar-refractivity contribution in [1.82, 2.24) is 9.88 Å². The summed E-state index contributed by atoms with van der Waals surface area (Å²) in [5.41, 5.74) is 2.97. The average molecular weight is 486 g/mol. The number of carbonyl (C=O) groups excluding carboxylic acids is 1. The molecule has 2 fully saturated rings. The maximum atomic E-state index is 13.4. The SMILES string of the molecule is Cc1ccc2nc(N[C@@H]3CN(C(=O)C4(c5ccc(OC(F)(F)F)cc5)CC4)C[C@H]3O)cc(C)c2c1. The van der Waals surface area contributed by atoms with Crippen LogP contribution in [0.25, 0.3) is 10.9 Å². The fourth-order valence-electron chi connectivity index (χ4n) is 4.90. The lowest BCUT2D eigenvalue weighted by atomic mass is 9.94. The number of carbonyl (C=O) groups is 1. The molecular formula is C26H26F3N3O3. The first-order valence-corrected chi connectivity index (χ1v) is 11.5. The number of ether oxygens (including phenoxy) is 1. The van der Waals surface area contributed by atoms with Crippen LogP contribution in [-0.4, -0.2) is 52.5 Å². The van der Waals surface area contributed by atoms with Crippen LogP contribution in [0.1, 0.15) is 29.5 Å². The van der Waals surface area contributed by atoms with Gasteiger partial charge in [-0.1, -0.05) is 23.8 Å². The highest BCUT2D eigenvalue weighted by Crippen LogP contribution is 2.50. The number of nitrogens with zero attached hydrogens (tertiary/aromatic N) is 2. The summed E-state index contributed by atoms with van der Waals surface area (Å²) in [6.07, 6.45) is -4.31. The molecule has 2 aromatic carbocycles. The van der Waals surface area contributed by atoms with Gasteiger partial charge in [0, 0.05) is 18.5 Å². The van der Waals surface area contributed by atoms with Crippen molar-refractivity contribution in [3.8, 4) is 5.75 Å². The van der Waals surface area contributed by atoms with Gasteiger partial charge < -0.3 is 20.1 Å². The van der Waals surface area contributed by atoms with Gasteiger partial charge >= 0.3 is 6.36 Å². The Morgan fingerprint density at radius 2 is 1.83 bits per heavy atom. The van der Waals surface area contributed by atoms with Crippen molar-refractivity contribution >= 4 is 22.6 Å². The van der Waals surface area contributed by atoms with Gasteiger partial charge in [-0.3, -0.25) is 4.79 Å². The number of nitrogens with one attached hydrogen (secondary N) is 1. The lowest BCUT2D eigenvalue weighted by Gasteiger charge is -2.24. The number of aliphatic hydroxyl groups is 1. The smallest absolute Gasteiger partial charge is 0.406 e. The van der Waals surface area contributed by atoms with Crippen LogP contribution >= 0.6 is 0 Å². The minimum atomic E-state index is -4.76. The molecule has 0 radical (unpaired) electrons. The summed E-state index contributed by atoms with van der Waals surface area (Å²) in [5.74, 6) is 0.195. The van der Waals surface area contributed by atoms with Crippen molar-refractivity contribution in [2.75, 3.05) is 18.4 Å². The number of β-amino-alcohol motifs (C(OH)–C–C–N with tert-alkyl or cyclic N) is 1. The Hall–Kier alpha value is -3.33. The number of aromatic nitrogens is 1. The van der Waals surface area contributed by atoms with Gasteiger partial charge in [0.25, 0.3) is 0 Å². The number of likely N-dealkylation sites (tertiary alicyclic amines) is 1. The highest BCUT2D eigenvalue weighted by Gasteiger charge is 2.54. The van der Waals surface area contributed by atoms with Crippen molar-refractivity contribution < 1.29 is 27.8 Å². The Morgan fingerprint density at radius 1 is 1.11 bits per heavy atom. The van der Waals surface area contributed by atoms with Crippen LogP contribution in [0.4, 0.5) is 19.0 Å². The molecule has 1 saturated heterocycles. The third kappa shape index (κ3) is 4.65. The maximum absolute atomic E-state index is 13.4. The fraction of sp³-hybridized carbons (Fsp3) is 0.385. The number of benzene rings is 2. The second-order valence-electron chi connectivity index (χ2n) is 9.53. The van der Waals surface area contributed by atoms with E-state index in [2.05, 4.69) is 21.1 Å². The minimum Gasteiger partial charge on any atom is -0.406 e. The number of rotatable bonds is 5. The number of hydrogen-bond donors (Lipinski definition) is 2. The number of aliphatic hydroxyl groups excluding tert-OH is 1. The summed E-state index contributed by atoms with van der Waals surface area (Å²) in [6, 6.07) is 13.1. The first kappa shape index (κ1) is 23.4. The third-order valence-corrected chi connectivity index (χ3v) is 6.88. The zero-order valence-corrected chi connectivity index (χ0v) is 19.4. The zero-order chi connectivity index (χ0) is 25.0. The molecule has 1 saturated carbocycles. The predicted octanol–water partition coefficient (Wildman–Crippen LogP) is 4.47. The fourth-order valence-corrected chi connectivity index (χ4v) is 4.90. The van der Waals surface area contributed by atoms with Crippen molar-refractivity contribution in [2.24, 2.45) is 0 Å². The first-order valence-electron chi connectivity index (χ1n) is 11.5. The zero-order valence-electron chi connectivity index (χ0n) is 19.4. The summed E-state index contributed by atoms with van der Waals surface area (Å²) >= 11 is 0. The van der Waals surface area contributed by atoms with Crippen LogP contribution in [0.5, 0.6) is 5.75 Å². The van der Waals surface area contributed by atoms with E-state index in [0.717, 1.165) is 22.0 Å². The van der Waals surface area contributed by atoms with E-state index in [1.807, 2.05) is 32.0 Å². The second-order valence-corrected chi connectivity index (χ2v) is 9.53. The van der Waals surface area contributed by atoms with Gasteiger partial charge in [0.05, 0.1) is 23.1 Å². The molecule has 0 bridgehead atoms. The molecule has 2 aliphatic rings. The minimum absolute atomic E-state index is 0.122. The molecule has 0 spiro atoms. The molecular weight excluding hydrogens is 459 g/mol. The molecule has 5 rings (SSSR count). The third-order valence-electron chi connectivity index (χ3n) is 6.88. The maximum Gasteiger partial charge on any atom is 0.573 e. The molecule has 2 N–H and O–H groups in total. The molecule has 2 heterocycles. The number of aryl methyl sites for hydroxylation is 2. The van der Waals surface area contributed by atoms with E-state index in [4.69, 9.17) is 0 Å². The topological polar surface area (TPSA) is 74.7 Å². The Kier molecular flexibility index (Phi) is 5.62. The van der Waals surface area contributed by atoms with E-state index in [1.54, 1.807) is 4.90 Å². The number of fused-ring (bicyclic) bond motifs is 1. The van der Waals surface area contributed by atoms with E-state index in [0.29, 0.717) is 30.8 Å². The molecule has 1 aliphatic heterocycles. The number of alkyl halides is 3. The lowest BCUT2D eigenvalue weighted by Crippen LogP contribution is -2.39. The van der Waals surface area contributed by atoms with Gasteiger partial charge in [-0.2, -0.15) is 0 Å². The summed E-state index contributed by atoms with van der Waals surface area (Å²) in [4.78, 5) is 19.7. The first-order chi connectivity index (χ1) is 16.5. The molecule has 3 aromatic rings. The molecule has 9 heteroatoms. The molecule has 1 aromatic heterocycles. The second kappa shape index (κ2) is 8.41. The van der Waals surface area contributed by atoms with Crippen molar-refractivity contribution in [3.05, 3.63) is 65.2 Å². The van der Waals surface area contributed by atoms with Crippen LogP contribution in [0.15, 0.2) is 48.5 Å². The quantitative estimate of drug-likeness (QED) is 0.558. The predicted molar refractivity (Wildman–Crippen MR) is 125 cm³/mol. The molecule has 2 atom stereocenters. The Morgan fingerprint density at radius 3 is 2.49 bits per heavy atom. The Bertz CT molecular complexity index is 1270. The van der Waals surface area contributed by atoms with Gasteiger partial charge in [0.2, 0.25) is 5.91 Å². The number of halogens is 3. The van der Waals surface area contributed by atoms with Crippen LogP contribution in [-0.2, 0) is 10.2 Å². The Balaban J connectivity index is 1.29. The molecule has 35 heavy (non-hydrogen) atoms. The van der Waals surface area contributed by atoms with E-state index in [1.165, 1.54) is 24.3 Å². The average Bonchev–Trinajstić information content (AvgIpc) is 3.52. The van der Waals surface area contributed by atoms with Crippen LogP contribution in [0.3, 0.4) is 0 Å². The standard InChI is InChI=1S/C26H26F3N3O3/c1-15-3-8-20-19(11-15)16(2)12-23(30-20)31-21-13-32(14-22(21)33)24(34)25(9-10-25)17-4-6-18(7-5-17)35-26(27,28)29/h3-8,11-12,21-22,33H,9-10,13-14H2,1-2H3,(H,30,31)/t21-,22-/m1/s1. The van der Waals surface area contributed by atoms with Gasteiger partial charge in [-0.15, -0.1) is 13.2 Å². The number of anilines is 1. The van der Waals surface area contributed by atoms with E-state index in [9.17, 15) is 23.1 Å². The van der Waals surface area contributed by atoms with Gasteiger partial charge in [-0.05, 0) is 68.1 Å². The molecule has 0 unspecified atom stereocenters. The summed E-state index contributed by atoms with van der Waals surface area (Å²) in [7, 11) is 0. The van der Waals surface area contributed by atoms with Crippen molar-refractivity contribution in [1.29, 1.82) is 0 Å². The van der Waals surface area contributed by atoms with E-state index >= 15 is 0 Å². The Labute approximate surface area is 200 Å². The highest BCUT2D eigenvalue weighted by atomic mass is 19.4. The molecule has 1 amide bonds. The number of pyridine rings is 1. The normalized spacial score (nSPS) is 21.3. The van der Waals surface area contributed by atoms with E-state index in [-0.39, 0.29) is 24.2 Å². The monoisotopic (exact) mass is 485 g/mol. The van der Waals surface area contributed by atoms with E-state index < -0.39 is 17.9 Å². The lowest BCUT2D eigenvalue weighted by molar-refractivity contribution is -0.274. The molecule has 6 nitrogen and oxygen atoms in total. The van der Waals surface area contributed by atoms with Crippen LogP contribution < -0.4 is 10.1 Å². The summed E-state index contributed by atoms with van der Waals surface area (Å²) < 4.78 is 41.3. The number of amides is 1. The molecule has 1 aliphatic carbocycles. The number of hydrogen-bond acceptors (Lipinski definition) is 5. The van der Waals surface area contributed by atoms with Gasteiger partial charge in [0.15, 0.2) is 0 Å². The highest BCUT2D eigenvalue weighted by molar-refractivity contribution is 5.92.